The summed E-state index contributed by atoms with van der Waals surface area (Å²) in [5.41, 5.74) is 0.966. The number of fused-ring (bicyclic) bond motifs is 1. The van der Waals surface area contributed by atoms with Gasteiger partial charge in [0.2, 0.25) is 0 Å². The molecule has 0 aliphatic heterocycles. The SMILES string of the molecule is CC[C@@H](C)N(C(=O)COC(=O)c1n[nH]c2ccccc12)[C@H](C)CC. The van der Waals surface area contributed by atoms with Gasteiger partial charge in [-0.25, -0.2) is 4.79 Å². The molecule has 0 bridgehead atoms. The van der Waals surface area contributed by atoms with Crippen molar-refractivity contribution in [3.63, 3.8) is 0 Å². The van der Waals surface area contributed by atoms with E-state index in [9.17, 15) is 9.59 Å². The summed E-state index contributed by atoms with van der Waals surface area (Å²) in [6.45, 7) is 7.82. The molecule has 0 radical (unpaired) electrons. The number of para-hydroxylation sites is 1. The smallest absolute Gasteiger partial charge is 0.359 e. The van der Waals surface area contributed by atoms with E-state index in [1.807, 2.05) is 45.9 Å². The van der Waals surface area contributed by atoms with Crippen molar-refractivity contribution in [3.8, 4) is 0 Å². The molecule has 0 aliphatic rings. The van der Waals surface area contributed by atoms with Gasteiger partial charge in [0.1, 0.15) is 0 Å². The monoisotopic (exact) mass is 331 g/mol. The maximum absolute atomic E-state index is 12.5. The number of amides is 1. The van der Waals surface area contributed by atoms with Crippen LogP contribution in [0.5, 0.6) is 0 Å². The zero-order chi connectivity index (χ0) is 17.7. The van der Waals surface area contributed by atoms with Crippen LogP contribution in [-0.4, -0.2) is 45.7 Å². The molecular formula is C18H25N3O3. The Balaban J connectivity index is 2.05. The Morgan fingerprint density at radius 2 is 1.79 bits per heavy atom. The lowest BCUT2D eigenvalue weighted by Gasteiger charge is -2.33. The molecule has 1 heterocycles. The van der Waals surface area contributed by atoms with Crippen molar-refractivity contribution in [3.05, 3.63) is 30.0 Å². The third-order valence-corrected chi connectivity index (χ3v) is 4.41. The summed E-state index contributed by atoms with van der Waals surface area (Å²) in [6, 6.07) is 7.53. The topological polar surface area (TPSA) is 75.3 Å². The largest absolute Gasteiger partial charge is 0.451 e. The second-order valence-corrected chi connectivity index (χ2v) is 6.01. The first-order chi connectivity index (χ1) is 11.5. The summed E-state index contributed by atoms with van der Waals surface area (Å²) < 4.78 is 5.21. The van der Waals surface area contributed by atoms with Gasteiger partial charge in [-0.1, -0.05) is 32.0 Å². The highest BCUT2D eigenvalue weighted by molar-refractivity contribution is 6.02. The number of esters is 1. The average molecular weight is 331 g/mol. The fraction of sp³-hybridized carbons (Fsp3) is 0.500. The van der Waals surface area contributed by atoms with Gasteiger partial charge in [-0.2, -0.15) is 5.10 Å². The molecule has 0 spiro atoms. The number of hydrogen-bond acceptors (Lipinski definition) is 4. The van der Waals surface area contributed by atoms with Gasteiger partial charge in [-0.05, 0) is 32.8 Å². The van der Waals surface area contributed by atoms with Gasteiger partial charge in [0.15, 0.2) is 12.3 Å². The molecule has 2 aromatic rings. The Morgan fingerprint density at radius 3 is 2.42 bits per heavy atom. The van der Waals surface area contributed by atoms with Crippen LogP contribution in [0, 0.1) is 0 Å². The van der Waals surface area contributed by atoms with Gasteiger partial charge in [0.05, 0.1) is 5.52 Å². The fourth-order valence-corrected chi connectivity index (χ4v) is 2.71. The van der Waals surface area contributed by atoms with Crippen molar-refractivity contribution in [2.45, 2.75) is 52.6 Å². The maximum atomic E-state index is 12.5. The van der Waals surface area contributed by atoms with Crippen LogP contribution in [0.3, 0.4) is 0 Å². The van der Waals surface area contributed by atoms with E-state index in [2.05, 4.69) is 10.2 Å². The molecule has 6 heteroatoms. The Kier molecular flexibility index (Phi) is 5.95. The van der Waals surface area contributed by atoms with Crippen LogP contribution in [0.15, 0.2) is 24.3 Å². The number of ether oxygens (including phenoxy) is 1. The molecule has 24 heavy (non-hydrogen) atoms. The Hall–Kier alpha value is -2.37. The third-order valence-electron chi connectivity index (χ3n) is 4.41. The molecule has 0 saturated carbocycles. The number of carbonyl (C=O) groups is 2. The van der Waals surface area contributed by atoms with Crippen LogP contribution in [-0.2, 0) is 9.53 Å². The van der Waals surface area contributed by atoms with Crippen molar-refractivity contribution >= 4 is 22.8 Å². The van der Waals surface area contributed by atoms with E-state index in [4.69, 9.17) is 4.74 Å². The van der Waals surface area contributed by atoms with Gasteiger partial charge in [-0.15, -0.1) is 0 Å². The number of nitrogens with zero attached hydrogens (tertiary/aromatic N) is 2. The van der Waals surface area contributed by atoms with E-state index in [-0.39, 0.29) is 30.3 Å². The summed E-state index contributed by atoms with van der Waals surface area (Å²) >= 11 is 0. The normalized spacial score (nSPS) is 13.5. The van der Waals surface area contributed by atoms with Crippen molar-refractivity contribution < 1.29 is 14.3 Å². The van der Waals surface area contributed by atoms with Crippen molar-refractivity contribution in [2.24, 2.45) is 0 Å². The molecule has 2 atom stereocenters. The molecule has 1 aromatic carbocycles. The molecular weight excluding hydrogens is 306 g/mol. The number of hydrogen-bond donors (Lipinski definition) is 1. The molecule has 6 nitrogen and oxygen atoms in total. The molecule has 130 valence electrons. The lowest BCUT2D eigenvalue weighted by Crippen LogP contribution is -2.46. The Morgan fingerprint density at radius 1 is 1.17 bits per heavy atom. The molecule has 1 N–H and O–H groups in total. The second-order valence-electron chi connectivity index (χ2n) is 6.01. The summed E-state index contributed by atoms with van der Waals surface area (Å²) in [5, 5.41) is 7.47. The minimum absolute atomic E-state index is 0.109. The third kappa shape index (κ3) is 3.75. The Labute approximate surface area is 142 Å². The van der Waals surface area contributed by atoms with E-state index in [0.29, 0.717) is 5.39 Å². The second kappa shape index (κ2) is 7.95. The molecule has 0 fully saturated rings. The zero-order valence-electron chi connectivity index (χ0n) is 14.7. The van der Waals surface area contributed by atoms with Gasteiger partial charge in [0, 0.05) is 17.5 Å². The number of nitrogens with one attached hydrogen (secondary N) is 1. The van der Waals surface area contributed by atoms with Gasteiger partial charge < -0.3 is 9.64 Å². The molecule has 1 aromatic heterocycles. The predicted molar refractivity (Wildman–Crippen MR) is 92.7 cm³/mol. The minimum Gasteiger partial charge on any atom is -0.451 e. The predicted octanol–water partition coefficient (Wildman–Crippen LogP) is 3.15. The van der Waals surface area contributed by atoms with Crippen LogP contribution in [0.2, 0.25) is 0 Å². The molecule has 0 aliphatic carbocycles. The molecule has 0 saturated heterocycles. The van der Waals surface area contributed by atoms with Crippen LogP contribution >= 0.6 is 0 Å². The zero-order valence-corrected chi connectivity index (χ0v) is 14.7. The minimum atomic E-state index is -0.589. The summed E-state index contributed by atoms with van der Waals surface area (Å²) in [7, 11) is 0. The fourth-order valence-electron chi connectivity index (χ4n) is 2.71. The standard InChI is InChI=1S/C18H25N3O3/c1-5-12(3)21(13(4)6-2)16(22)11-24-18(23)17-14-9-7-8-10-15(14)19-20-17/h7-10,12-13H,5-6,11H2,1-4H3,(H,19,20)/t12-,13-/m1/s1. The van der Waals surface area contributed by atoms with E-state index < -0.39 is 5.97 Å². The maximum Gasteiger partial charge on any atom is 0.359 e. The average Bonchev–Trinajstić information content (AvgIpc) is 3.03. The van der Waals surface area contributed by atoms with E-state index in [1.165, 1.54) is 0 Å². The number of aromatic amines is 1. The van der Waals surface area contributed by atoms with Crippen LogP contribution in [0.25, 0.3) is 10.9 Å². The number of aromatic nitrogens is 2. The first-order valence-corrected chi connectivity index (χ1v) is 8.40. The highest BCUT2D eigenvalue weighted by Gasteiger charge is 2.25. The lowest BCUT2D eigenvalue weighted by atomic mass is 10.1. The summed E-state index contributed by atoms with van der Waals surface area (Å²) in [4.78, 5) is 26.6. The van der Waals surface area contributed by atoms with Crippen LogP contribution < -0.4 is 0 Å². The van der Waals surface area contributed by atoms with Gasteiger partial charge >= 0.3 is 5.97 Å². The number of rotatable bonds is 7. The van der Waals surface area contributed by atoms with Crippen molar-refractivity contribution in [1.82, 2.24) is 15.1 Å². The summed E-state index contributed by atoms with van der Waals surface area (Å²) in [5.74, 6) is -0.763. The first kappa shape index (κ1) is 18.0. The van der Waals surface area contributed by atoms with Crippen LogP contribution in [0.4, 0.5) is 0 Å². The Bertz CT molecular complexity index is 700. The summed E-state index contributed by atoms with van der Waals surface area (Å²) in [6.07, 6.45) is 1.71. The van der Waals surface area contributed by atoms with Gasteiger partial charge in [0.25, 0.3) is 5.91 Å². The highest BCUT2D eigenvalue weighted by Crippen LogP contribution is 2.16. The van der Waals surface area contributed by atoms with Crippen LogP contribution in [0.1, 0.15) is 51.0 Å². The van der Waals surface area contributed by atoms with E-state index in [1.54, 1.807) is 11.0 Å². The molecule has 2 rings (SSSR count). The van der Waals surface area contributed by atoms with E-state index in [0.717, 1.165) is 18.4 Å². The quantitative estimate of drug-likeness (QED) is 0.791. The number of carbonyl (C=O) groups excluding carboxylic acids is 2. The lowest BCUT2D eigenvalue weighted by molar-refractivity contribution is -0.139. The van der Waals surface area contributed by atoms with E-state index >= 15 is 0 Å². The molecule has 1 amide bonds. The van der Waals surface area contributed by atoms with Gasteiger partial charge in [-0.3, -0.25) is 9.89 Å². The number of benzene rings is 1. The molecule has 0 unspecified atom stereocenters. The number of H-pyrrole nitrogens is 1. The van der Waals surface area contributed by atoms with Crippen molar-refractivity contribution in [2.75, 3.05) is 6.61 Å². The first-order valence-electron chi connectivity index (χ1n) is 8.40. The highest BCUT2D eigenvalue weighted by atomic mass is 16.5. The van der Waals surface area contributed by atoms with Crippen molar-refractivity contribution in [1.29, 1.82) is 0 Å².